The average molecular weight is 1040 g/mol. The van der Waals surface area contributed by atoms with E-state index in [2.05, 4.69) is 21.3 Å². The van der Waals surface area contributed by atoms with Gasteiger partial charge in [-0.1, -0.05) is 31.5 Å². The van der Waals surface area contributed by atoms with Gasteiger partial charge in [0, 0.05) is 76.6 Å². The maximum atomic E-state index is 12.1. The number of amides is 6. The highest BCUT2D eigenvalue weighted by Crippen LogP contribution is 2.15. The minimum Gasteiger partial charge on any atom is -0.481 e. The summed E-state index contributed by atoms with van der Waals surface area (Å²) in [5.74, 6) is -8.50. The molecule has 6 amide bonds. The number of nitrogens with two attached hydrogens (primary N) is 1. The number of ketones is 2. The first-order valence-electron chi connectivity index (χ1n) is 23.9. The lowest BCUT2D eigenvalue weighted by Gasteiger charge is -2.15. The van der Waals surface area contributed by atoms with Crippen LogP contribution in [0.5, 0.6) is 0 Å². The fourth-order valence-electron chi connectivity index (χ4n) is 6.24. The third-order valence-electron chi connectivity index (χ3n) is 10.4. The van der Waals surface area contributed by atoms with Crippen molar-refractivity contribution in [3.05, 3.63) is 35.4 Å². The van der Waals surface area contributed by atoms with Crippen molar-refractivity contribution in [2.75, 3.05) is 45.3 Å². The molecule has 406 valence electrons. The highest BCUT2D eigenvalue weighted by molar-refractivity contribution is 7.90. The molecule has 3 atom stereocenters. The van der Waals surface area contributed by atoms with E-state index in [1.165, 1.54) is 0 Å². The van der Waals surface area contributed by atoms with Crippen molar-refractivity contribution < 1.29 is 86.0 Å². The standard InChI is InChI=1S/C24H37N3O6.C23H37N3O12S/c1-3-20(28)7-6-14-32-15-16-33-17-22(29)27-21(23(25)30)8-4-5-13-26-24(31)19-11-9-18(2)10-12-19;1-2-17(23(35)36)25-19(29)11-10-15(22(33)34)14-16(27)6-4-12-24-18(28)8-5-13-39(37,38)26-20(30)7-3-9-21(31)32/h9-12,21H,3-8,13-17H2,1-2H3,(H2,25,30)(H,26,31)(H,27,29);15,17H,2-14H2,1H3,(H,24,28)(H,25,29)(H,26,30)(H,31,32)(H,33,34)(H,35,36). The molecule has 0 heterocycles. The third kappa shape index (κ3) is 34.9. The van der Waals surface area contributed by atoms with Crippen LogP contribution in [0.25, 0.3) is 0 Å². The van der Waals surface area contributed by atoms with E-state index in [1.807, 2.05) is 26.0 Å². The maximum absolute atomic E-state index is 12.1. The van der Waals surface area contributed by atoms with Gasteiger partial charge in [-0.05, 0) is 76.8 Å². The number of nitrogens with one attached hydrogen (secondary N) is 5. The first kappa shape index (κ1) is 65.7. The predicted molar refractivity (Wildman–Crippen MR) is 259 cm³/mol. The number of aryl methyl sites for hydroxylation is 1. The molecular weight excluding hydrogens is 969 g/mol. The Morgan fingerprint density at radius 1 is 0.611 bits per heavy atom. The number of rotatable bonds is 40. The molecule has 0 saturated heterocycles. The van der Waals surface area contributed by atoms with E-state index in [-0.39, 0.29) is 108 Å². The second-order valence-corrected chi connectivity index (χ2v) is 18.5. The van der Waals surface area contributed by atoms with Gasteiger partial charge in [-0.15, -0.1) is 0 Å². The summed E-state index contributed by atoms with van der Waals surface area (Å²) in [7, 11) is -3.97. The molecule has 1 rings (SSSR count). The lowest BCUT2D eigenvalue weighted by Crippen LogP contribution is -2.45. The van der Waals surface area contributed by atoms with Crippen LogP contribution in [0, 0.1) is 12.8 Å². The Hall–Kier alpha value is -6.34. The minimum atomic E-state index is -3.97. The average Bonchev–Trinajstić information content (AvgIpc) is 3.30. The fourth-order valence-corrected chi connectivity index (χ4v) is 7.31. The molecule has 3 unspecified atom stereocenters. The quantitative estimate of drug-likeness (QED) is 0.0420. The zero-order chi connectivity index (χ0) is 54.5. The van der Waals surface area contributed by atoms with Gasteiger partial charge in [0.05, 0.1) is 24.9 Å². The SMILES string of the molecule is CCC(=O)CCCOCCOCC(=O)NC(CCCCNC(=O)c1ccc(C)cc1)C(N)=O.CCC(NC(=O)CCC(CC(=O)CCCNC(=O)CCCS(=O)(=O)NC(=O)CCCC(=O)O)C(=O)O)C(=O)O. The van der Waals surface area contributed by atoms with Crippen LogP contribution in [0.1, 0.15) is 139 Å². The first-order valence-corrected chi connectivity index (χ1v) is 25.5. The van der Waals surface area contributed by atoms with Crippen molar-refractivity contribution in [3.8, 4) is 0 Å². The van der Waals surface area contributed by atoms with Crippen molar-refractivity contribution in [2.24, 2.45) is 11.7 Å². The van der Waals surface area contributed by atoms with Crippen LogP contribution in [0.15, 0.2) is 24.3 Å². The number of ether oxygens (including phenoxy) is 2. The zero-order valence-corrected chi connectivity index (χ0v) is 42.3. The number of benzene rings is 1. The van der Waals surface area contributed by atoms with Gasteiger partial charge >= 0.3 is 17.9 Å². The normalized spacial score (nSPS) is 12.1. The van der Waals surface area contributed by atoms with Gasteiger partial charge < -0.3 is 51.8 Å². The molecule has 0 radical (unpaired) electrons. The van der Waals surface area contributed by atoms with Crippen LogP contribution in [0.2, 0.25) is 0 Å². The summed E-state index contributed by atoms with van der Waals surface area (Å²) in [5.41, 5.74) is 7.06. The molecule has 0 aliphatic carbocycles. The van der Waals surface area contributed by atoms with Crippen LogP contribution in [-0.4, -0.2) is 146 Å². The van der Waals surface area contributed by atoms with Crippen molar-refractivity contribution in [1.82, 2.24) is 26.0 Å². The molecule has 0 saturated carbocycles. The second kappa shape index (κ2) is 38.4. The Morgan fingerprint density at radius 2 is 1.24 bits per heavy atom. The molecule has 0 bridgehead atoms. The van der Waals surface area contributed by atoms with Crippen LogP contribution < -0.4 is 31.7 Å². The molecule has 0 aliphatic rings. The fraction of sp³-hybridized carbons (Fsp3) is 0.638. The van der Waals surface area contributed by atoms with Gasteiger partial charge in [0.15, 0.2) is 0 Å². The number of aliphatic carboxylic acids is 3. The molecule has 24 nitrogen and oxygen atoms in total. The number of hydrogen-bond acceptors (Lipinski definition) is 15. The summed E-state index contributed by atoms with van der Waals surface area (Å²) >= 11 is 0. The zero-order valence-electron chi connectivity index (χ0n) is 41.5. The topological polar surface area (TPSA) is 387 Å². The maximum Gasteiger partial charge on any atom is 0.326 e. The van der Waals surface area contributed by atoms with Crippen LogP contribution in [0.4, 0.5) is 0 Å². The van der Waals surface area contributed by atoms with Crippen LogP contribution in [0.3, 0.4) is 0 Å². The number of hydrogen-bond donors (Lipinski definition) is 9. The van der Waals surface area contributed by atoms with E-state index in [0.717, 1.165) is 5.56 Å². The summed E-state index contributed by atoms with van der Waals surface area (Å²) < 4.78 is 36.1. The Balaban J connectivity index is 0.00000142. The Bertz CT molecular complexity index is 2030. The van der Waals surface area contributed by atoms with Gasteiger partial charge in [0.1, 0.15) is 30.3 Å². The van der Waals surface area contributed by atoms with Crippen molar-refractivity contribution in [3.63, 3.8) is 0 Å². The summed E-state index contributed by atoms with van der Waals surface area (Å²) in [4.78, 5) is 127. The van der Waals surface area contributed by atoms with E-state index < -0.39 is 81.2 Å². The molecule has 72 heavy (non-hydrogen) atoms. The number of carboxylic acid groups (broad SMARTS) is 3. The highest BCUT2D eigenvalue weighted by atomic mass is 32.2. The molecule has 10 N–H and O–H groups in total. The van der Waals surface area contributed by atoms with Gasteiger partial charge in [0.2, 0.25) is 39.6 Å². The number of primary amides is 1. The van der Waals surface area contributed by atoms with Crippen molar-refractivity contribution in [2.45, 2.75) is 142 Å². The first-order chi connectivity index (χ1) is 34.0. The predicted octanol–water partition coefficient (Wildman–Crippen LogP) is 1.44. The molecule has 25 heteroatoms. The Morgan fingerprint density at radius 3 is 1.85 bits per heavy atom. The molecule has 1 aromatic carbocycles. The highest BCUT2D eigenvalue weighted by Gasteiger charge is 2.24. The monoisotopic (exact) mass is 1040 g/mol. The number of unbranched alkanes of at least 4 members (excludes halogenated alkanes) is 1. The van der Waals surface area contributed by atoms with Gasteiger partial charge in [0.25, 0.3) is 5.91 Å². The summed E-state index contributed by atoms with van der Waals surface area (Å²) in [6, 6.07) is 5.43. The second-order valence-electron chi connectivity index (χ2n) is 16.6. The Labute approximate surface area is 420 Å². The lowest BCUT2D eigenvalue weighted by atomic mass is 9.95. The number of carbonyl (C=O) groups is 11. The van der Waals surface area contributed by atoms with Gasteiger partial charge in [-0.25, -0.2) is 13.2 Å². The van der Waals surface area contributed by atoms with Crippen LogP contribution in [-0.2, 0) is 67.4 Å². The lowest BCUT2D eigenvalue weighted by molar-refractivity contribution is -0.145. The van der Waals surface area contributed by atoms with Gasteiger partial charge in [-0.2, -0.15) is 0 Å². The third-order valence-corrected chi connectivity index (χ3v) is 11.7. The number of carboxylic acids is 3. The van der Waals surface area contributed by atoms with Crippen molar-refractivity contribution in [1.29, 1.82) is 0 Å². The minimum absolute atomic E-state index is 0.0102. The Kier molecular flexibility index (Phi) is 35.0. The number of carbonyl (C=O) groups excluding carboxylic acids is 8. The largest absolute Gasteiger partial charge is 0.481 e. The van der Waals surface area contributed by atoms with Crippen molar-refractivity contribution >= 4 is 74.9 Å². The van der Waals surface area contributed by atoms with E-state index in [0.29, 0.717) is 63.8 Å². The molecule has 1 aromatic rings. The van der Waals surface area contributed by atoms with E-state index >= 15 is 0 Å². The summed E-state index contributed by atoms with van der Waals surface area (Å²) in [6.07, 6.45) is 2.16. The van der Waals surface area contributed by atoms with E-state index in [9.17, 15) is 66.3 Å². The van der Waals surface area contributed by atoms with E-state index in [1.54, 1.807) is 23.8 Å². The smallest absolute Gasteiger partial charge is 0.326 e. The summed E-state index contributed by atoms with van der Waals surface area (Å²) in [5, 5.41) is 37.0. The van der Waals surface area contributed by atoms with E-state index in [4.69, 9.17) is 25.4 Å². The molecule has 0 aliphatic heterocycles. The molecule has 0 aromatic heterocycles. The summed E-state index contributed by atoms with van der Waals surface area (Å²) in [6.45, 7) is 6.73. The molecular formula is C47H74N6O18S. The number of Topliss-reactive ketones (excluding diaryl/α,β-unsaturated/α-hetero) is 2. The van der Waals surface area contributed by atoms with Gasteiger partial charge in [-0.3, -0.25) is 52.7 Å². The number of sulfonamides is 1. The molecule has 0 fully saturated rings. The van der Waals surface area contributed by atoms with Crippen LogP contribution >= 0.6 is 0 Å². The molecule has 0 spiro atoms.